The summed E-state index contributed by atoms with van der Waals surface area (Å²) in [6.45, 7) is 1.44. The van der Waals surface area contributed by atoms with E-state index in [9.17, 15) is 8.42 Å². The molecule has 124 valence electrons. The van der Waals surface area contributed by atoms with Crippen LogP contribution in [0.1, 0.15) is 23.8 Å². The fraction of sp³-hybridized carbons (Fsp3) is 0.375. The molecular weight excluding hydrogens is 373 g/mol. The molecule has 0 aliphatic carbocycles. The van der Waals surface area contributed by atoms with Crippen molar-refractivity contribution < 1.29 is 8.42 Å². The molecule has 0 bridgehead atoms. The summed E-state index contributed by atoms with van der Waals surface area (Å²) >= 11 is 13.7. The lowest BCUT2D eigenvalue weighted by Crippen LogP contribution is -2.29. The van der Waals surface area contributed by atoms with Gasteiger partial charge >= 0.3 is 0 Å². The number of hydrogen-bond acceptors (Lipinski definition) is 4. The van der Waals surface area contributed by atoms with Gasteiger partial charge in [0.25, 0.3) is 0 Å². The zero-order valence-electron chi connectivity index (χ0n) is 12.4. The Bertz CT molecular complexity index is 775. The lowest BCUT2D eigenvalue weighted by atomic mass is 10.2. The highest BCUT2D eigenvalue weighted by atomic mass is 35.5. The maximum Gasteiger partial charge on any atom is 0.181 e. The minimum Gasteiger partial charge on any atom is -0.294 e. The number of likely N-dealkylation sites (tertiary alicyclic amines) is 1. The van der Waals surface area contributed by atoms with Gasteiger partial charge in [0, 0.05) is 22.5 Å². The highest BCUT2D eigenvalue weighted by Crippen LogP contribution is 2.34. The molecule has 23 heavy (non-hydrogen) atoms. The van der Waals surface area contributed by atoms with Crippen LogP contribution >= 0.6 is 34.5 Å². The van der Waals surface area contributed by atoms with Gasteiger partial charge < -0.3 is 0 Å². The Hall–Kier alpha value is -0.590. The Balaban J connectivity index is 1.73. The molecule has 7 heteroatoms. The van der Waals surface area contributed by atoms with Crippen molar-refractivity contribution in [1.82, 2.24) is 4.90 Å². The molecule has 1 atom stereocenters. The predicted molar refractivity (Wildman–Crippen MR) is 96.4 cm³/mol. The average molecular weight is 390 g/mol. The molecule has 0 unspecified atom stereocenters. The zero-order chi connectivity index (χ0) is 16.4. The molecule has 2 aromatic rings. The highest BCUT2D eigenvalue weighted by Gasteiger charge is 2.28. The Kier molecular flexibility index (Phi) is 5.33. The molecule has 0 N–H and O–H groups in total. The second kappa shape index (κ2) is 7.11. The minimum atomic E-state index is -3.45. The third-order valence-electron chi connectivity index (χ3n) is 4.11. The maximum atomic E-state index is 12.6. The van der Waals surface area contributed by atoms with Gasteiger partial charge in [-0.2, -0.15) is 0 Å². The van der Waals surface area contributed by atoms with Gasteiger partial charge in [0.1, 0.15) is 0 Å². The van der Waals surface area contributed by atoms with Gasteiger partial charge in [0.05, 0.1) is 15.7 Å². The minimum absolute atomic E-state index is 0.0505. The molecule has 0 amide bonds. The predicted octanol–water partition coefficient (Wildman–Crippen LogP) is 4.67. The van der Waals surface area contributed by atoms with Crippen LogP contribution in [0, 0.1) is 0 Å². The summed E-state index contributed by atoms with van der Waals surface area (Å²) in [6.07, 6.45) is 2.18. The van der Waals surface area contributed by atoms with Gasteiger partial charge in [0.15, 0.2) is 9.84 Å². The molecule has 1 aliphatic heterocycles. The molecule has 3 nitrogen and oxygen atoms in total. The van der Waals surface area contributed by atoms with Crippen LogP contribution < -0.4 is 0 Å². The van der Waals surface area contributed by atoms with Gasteiger partial charge in [-0.05, 0) is 49.0 Å². The normalized spacial score (nSPS) is 19.3. The Labute approximate surface area is 150 Å². The van der Waals surface area contributed by atoms with E-state index >= 15 is 0 Å². The van der Waals surface area contributed by atoms with Crippen molar-refractivity contribution in [1.29, 1.82) is 0 Å². The van der Waals surface area contributed by atoms with Crippen LogP contribution in [0.2, 0.25) is 10.0 Å². The molecule has 1 aromatic carbocycles. The first-order valence-electron chi connectivity index (χ1n) is 7.42. The largest absolute Gasteiger partial charge is 0.294 e. The SMILES string of the molecule is O=S(=O)(CCN1CCC[C@H]1c1cccs1)c1cc(Cl)ccc1Cl. The van der Waals surface area contributed by atoms with E-state index in [1.54, 1.807) is 17.4 Å². The van der Waals surface area contributed by atoms with Gasteiger partial charge in [-0.25, -0.2) is 8.42 Å². The Morgan fingerprint density at radius 2 is 2.09 bits per heavy atom. The molecule has 1 saturated heterocycles. The van der Waals surface area contributed by atoms with E-state index in [1.807, 2.05) is 6.07 Å². The van der Waals surface area contributed by atoms with Crippen molar-refractivity contribution in [3.05, 3.63) is 50.6 Å². The van der Waals surface area contributed by atoms with Crippen molar-refractivity contribution in [3.8, 4) is 0 Å². The molecular formula is C16H17Cl2NO2S2. The Morgan fingerprint density at radius 1 is 1.26 bits per heavy atom. The Morgan fingerprint density at radius 3 is 2.83 bits per heavy atom. The van der Waals surface area contributed by atoms with Gasteiger partial charge in [-0.1, -0.05) is 29.3 Å². The first-order valence-corrected chi connectivity index (χ1v) is 10.7. The molecule has 2 heterocycles. The molecule has 0 spiro atoms. The first-order chi connectivity index (χ1) is 11.0. The van der Waals surface area contributed by atoms with E-state index in [-0.39, 0.29) is 15.7 Å². The van der Waals surface area contributed by atoms with Crippen molar-refractivity contribution in [2.45, 2.75) is 23.8 Å². The summed E-state index contributed by atoms with van der Waals surface area (Å²) in [7, 11) is -3.45. The standard InChI is InChI=1S/C16H17Cl2NO2S2/c17-12-5-6-13(18)16(11-12)23(20,21)10-8-19-7-1-3-14(19)15-4-2-9-22-15/h2,4-6,9,11,14H,1,3,7-8,10H2/t14-/m0/s1. The van der Waals surface area contributed by atoms with E-state index in [0.717, 1.165) is 19.4 Å². The smallest absolute Gasteiger partial charge is 0.181 e. The number of sulfone groups is 1. The quantitative estimate of drug-likeness (QED) is 0.745. The maximum absolute atomic E-state index is 12.6. The summed E-state index contributed by atoms with van der Waals surface area (Å²) < 4.78 is 25.2. The van der Waals surface area contributed by atoms with E-state index in [4.69, 9.17) is 23.2 Å². The van der Waals surface area contributed by atoms with Gasteiger partial charge in [-0.3, -0.25) is 4.90 Å². The van der Waals surface area contributed by atoms with Crippen LogP contribution in [-0.2, 0) is 9.84 Å². The first kappa shape index (κ1) is 17.2. The second-order valence-electron chi connectivity index (χ2n) is 5.60. The topological polar surface area (TPSA) is 37.4 Å². The lowest BCUT2D eigenvalue weighted by Gasteiger charge is -2.23. The summed E-state index contributed by atoms with van der Waals surface area (Å²) in [5, 5.41) is 2.67. The number of benzene rings is 1. The molecule has 1 aromatic heterocycles. The zero-order valence-corrected chi connectivity index (χ0v) is 15.6. The summed E-state index contributed by atoms with van der Waals surface area (Å²) in [6, 6.07) is 9.05. The molecule has 3 rings (SSSR count). The van der Waals surface area contributed by atoms with E-state index < -0.39 is 9.84 Å². The third kappa shape index (κ3) is 3.91. The van der Waals surface area contributed by atoms with E-state index in [2.05, 4.69) is 16.3 Å². The van der Waals surface area contributed by atoms with Gasteiger partial charge in [-0.15, -0.1) is 11.3 Å². The van der Waals surface area contributed by atoms with Crippen LogP contribution in [0.15, 0.2) is 40.6 Å². The monoisotopic (exact) mass is 389 g/mol. The second-order valence-corrected chi connectivity index (χ2v) is 9.50. The number of hydrogen-bond donors (Lipinski definition) is 0. The van der Waals surface area contributed by atoms with Crippen molar-refractivity contribution in [2.24, 2.45) is 0 Å². The number of halogens is 2. The molecule has 1 fully saturated rings. The van der Waals surface area contributed by atoms with Crippen molar-refractivity contribution >= 4 is 44.4 Å². The van der Waals surface area contributed by atoms with Gasteiger partial charge in [0.2, 0.25) is 0 Å². The van der Waals surface area contributed by atoms with Crippen LogP contribution in [0.3, 0.4) is 0 Å². The summed E-state index contributed by atoms with van der Waals surface area (Å²) in [4.78, 5) is 3.68. The average Bonchev–Trinajstić information content (AvgIpc) is 3.17. The highest BCUT2D eigenvalue weighted by molar-refractivity contribution is 7.91. The number of thiophene rings is 1. The van der Waals surface area contributed by atoms with Crippen LogP contribution in [0.5, 0.6) is 0 Å². The van der Waals surface area contributed by atoms with Crippen LogP contribution in [0.25, 0.3) is 0 Å². The summed E-state index contributed by atoms with van der Waals surface area (Å²) in [5.74, 6) is 0.0505. The van der Waals surface area contributed by atoms with Crippen molar-refractivity contribution in [2.75, 3.05) is 18.8 Å². The lowest BCUT2D eigenvalue weighted by molar-refractivity contribution is 0.276. The van der Waals surface area contributed by atoms with Crippen molar-refractivity contribution in [3.63, 3.8) is 0 Å². The fourth-order valence-electron chi connectivity index (χ4n) is 2.96. The summed E-state index contributed by atoms with van der Waals surface area (Å²) in [5.41, 5.74) is 0. The molecule has 1 aliphatic rings. The molecule has 0 saturated carbocycles. The molecule has 0 radical (unpaired) electrons. The third-order valence-corrected chi connectivity index (χ3v) is 7.49. The number of nitrogens with zero attached hydrogens (tertiary/aromatic N) is 1. The van der Waals surface area contributed by atoms with Crippen LogP contribution in [0.4, 0.5) is 0 Å². The number of rotatable bonds is 5. The van der Waals surface area contributed by atoms with E-state index in [1.165, 1.54) is 17.0 Å². The fourth-order valence-corrected chi connectivity index (χ4v) is 5.93. The van der Waals surface area contributed by atoms with E-state index in [0.29, 0.717) is 17.6 Å². The van der Waals surface area contributed by atoms with Crippen LogP contribution in [-0.4, -0.2) is 32.2 Å².